The second-order valence-corrected chi connectivity index (χ2v) is 23.4. The minimum Gasteiger partial charge on any atom is -0.343 e. The number of fused-ring (bicyclic) bond motifs is 6. The number of halogens is 1. The molecule has 0 N–H and O–H groups in total. The summed E-state index contributed by atoms with van der Waals surface area (Å²) in [5.74, 6) is 1.09. The van der Waals surface area contributed by atoms with Crippen molar-refractivity contribution in [3.05, 3.63) is 207 Å². The second kappa shape index (κ2) is 33.2. The van der Waals surface area contributed by atoms with E-state index in [2.05, 4.69) is 188 Å². The number of unbranched alkanes of at least 4 members (excludes halogenated alkanes) is 1. The average Bonchev–Trinajstić information content (AvgIpc) is 3.75. The van der Waals surface area contributed by atoms with Crippen molar-refractivity contribution in [2.75, 3.05) is 0 Å². The van der Waals surface area contributed by atoms with Gasteiger partial charge in [0.15, 0.2) is 0 Å². The number of pyridine rings is 4. The van der Waals surface area contributed by atoms with Gasteiger partial charge >= 0.3 is 37.7 Å². The molecule has 416 valence electrons. The van der Waals surface area contributed by atoms with Crippen LogP contribution in [0.4, 0.5) is 0 Å². The average molecular weight is 1100 g/mol. The van der Waals surface area contributed by atoms with E-state index in [1.165, 1.54) is 202 Å². The summed E-state index contributed by atoms with van der Waals surface area (Å²) < 4.78 is 0. The zero-order chi connectivity index (χ0) is 55.4. The molecule has 0 bridgehead atoms. The number of aromatic nitrogens is 4. The van der Waals surface area contributed by atoms with E-state index in [0.29, 0.717) is 17.2 Å². The molecule has 0 atom stereocenters. The quantitative estimate of drug-likeness (QED) is 0.0691. The molecule has 10 aromatic rings. The molecule has 4 fully saturated rings. The Labute approximate surface area is 525 Å². The fourth-order valence-electron chi connectivity index (χ4n) is 12.5. The smallest absolute Gasteiger partial charge is 0.343 e. The standard InChI is InChI=1S/C36H36N2.C24H16N2.C6H11Cl.C6H11.C4H9.2Li/c1-5-13-25(14-6-1)31-23-33(27-17-9-3-10-18-27)37-35-29(31)21-22-30-32(26-15-7-2-8-16-26)24-34(38-36(30)35)28-19-11-4-12-20-28;1-3-7-17(8-4-1)19-13-15-25-23-21(19)11-12-22-20(14-16-26-24(22)23)18-9-5-2-6-10-18;7-6-4-2-1-3-5-6;1-2-4-6-5-3-1;1-3-4-2;;/h1-2,5-8,13-16,21-24,27-28H,3-4,9-12,17-20H2;1-16H;6H,1-5H2;1H,2-6H2;1,3-4H2,2H3;;/q;;;2*-1;2*+1. The maximum absolute atomic E-state index is 5.82. The summed E-state index contributed by atoms with van der Waals surface area (Å²) in [7, 11) is 0. The summed E-state index contributed by atoms with van der Waals surface area (Å²) >= 11 is 5.82. The van der Waals surface area contributed by atoms with Crippen LogP contribution in [0.3, 0.4) is 0 Å². The van der Waals surface area contributed by atoms with Crippen LogP contribution in [0.15, 0.2) is 182 Å². The maximum Gasteiger partial charge on any atom is 1.00 e. The Kier molecular flexibility index (Phi) is 25.4. The fraction of sp³-hybridized carbons (Fsp3) is 0.342. The Morgan fingerprint density at radius 2 is 0.711 bits per heavy atom. The molecule has 4 aromatic heterocycles. The van der Waals surface area contributed by atoms with Gasteiger partial charge in [-0.25, -0.2) is 0 Å². The summed E-state index contributed by atoms with van der Waals surface area (Å²) in [4.78, 5) is 20.3. The third kappa shape index (κ3) is 16.7. The van der Waals surface area contributed by atoms with Crippen molar-refractivity contribution in [2.24, 2.45) is 0 Å². The molecule has 4 nitrogen and oxygen atoms in total. The fourth-order valence-corrected chi connectivity index (χ4v) is 12.8. The van der Waals surface area contributed by atoms with Gasteiger partial charge in [-0.1, -0.05) is 236 Å². The summed E-state index contributed by atoms with van der Waals surface area (Å²) in [5.41, 5.74) is 16.5. The first-order valence-electron chi connectivity index (χ1n) is 31.0. The van der Waals surface area contributed by atoms with Gasteiger partial charge in [-0.15, -0.1) is 11.6 Å². The zero-order valence-electron chi connectivity index (χ0n) is 50.1. The van der Waals surface area contributed by atoms with Crippen LogP contribution >= 0.6 is 11.6 Å². The zero-order valence-corrected chi connectivity index (χ0v) is 50.8. The molecule has 4 aliphatic carbocycles. The molecule has 0 amide bonds. The monoisotopic (exact) mass is 1100 g/mol. The van der Waals surface area contributed by atoms with Crippen LogP contribution in [0.25, 0.3) is 88.1 Å². The number of hydrogen-bond donors (Lipinski definition) is 0. The Morgan fingerprint density at radius 1 is 0.398 bits per heavy atom. The van der Waals surface area contributed by atoms with Crippen molar-refractivity contribution in [3.8, 4) is 44.5 Å². The third-order valence-corrected chi connectivity index (χ3v) is 17.4. The van der Waals surface area contributed by atoms with Gasteiger partial charge in [0.25, 0.3) is 0 Å². The van der Waals surface area contributed by atoms with Gasteiger partial charge in [0.05, 0.1) is 22.1 Å². The van der Waals surface area contributed by atoms with Crippen LogP contribution in [0.2, 0.25) is 0 Å². The van der Waals surface area contributed by atoms with Gasteiger partial charge < -0.3 is 13.3 Å². The Bertz CT molecular complexity index is 3290. The van der Waals surface area contributed by atoms with E-state index < -0.39 is 0 Å². The van der Waals surface area contributed by atoms with E-state index in [9.17, 15) is 0 Å². The van der Waals surface area contributed by atoms with Crippen molar-refractivity contribution in [1.82, 2.24) is 19.9 Å². The number of nitrogens with zero attached hydrogens (tertiary/aromatic N) is 4. The summed E-state index contributed by atoms with van der Waals surface area (Å²) in [6, 6.07) is 60.5. The Hall–Kier alpha value is -5.56. The van der Waals surface area contributed by atoms with Gasteiger partial charge in [0.1, 0.15) is 0 Å². The van der Waals surface area contributed by atoms with E-state index in [-0.39, 0.29) is 37.7 Å². The van der Waals surface area contributed by atoms with E-state index >= 15 is 0 Å². The minimum atomic E-state index is 0. The maximum atomic E-state index is 5.82. The van der Waals surface area contributed by atoms with E-state index in [1.807, 2.05) is 24.5 Å². The minimum absolute atomic E-state index is 0. The van der Waals surface area contributed by atoms with Crippen LogP contribution < -0.4 is 37.7 Å². The summed E-state index contributed by atoms with van der Waals surface area (Å²) in [5, 5.41) is 5.20. The van der Waals surface area contributed by atoms with Crippen molar-refractivity contribution in [3.63, 3.8) is 0 Å². The third-order valence-electron chi connectivity index (χ3n) is 17.0. The SMILES string of the molecule is ClC1CCCCC1.[CH-]1CCCCC1.[CH2-]CCC.[Li+].[Li+].c1ccc(-c2cc(C3CCCCC3)nc3c2ccc2c(-c4ccccc4)cc(C4CCCCC4)nc23)cc1.c1ccc(-c2ccnc3c2ccc2c(-c4ccccc4)ccnc23)cc1. The van der Waals surface area contributed by atoms with Gasteiger partial charge in [0, 0.05) is 62.5 Å². The van der Waals surface area contributed by atoms with Crippen LogP contribution in [-0.2, 0) is 0 Å². The first-order valence-corrected chi connectivity index (χ1v) is 31.4. The van der Waals surface area contributed by atoms with E-state index in [0.717, 1.165) is 39.3 Å². The van der Waals surface area contributed by atoms with Crippen molar-refractivity contribution in [1.29, 1.82) is 0 Å². The molecule has 83 heavy (non-hydrogen) atoms. The van der Waals surface area contributed by atoms with Gasteiger partial charge in [-0.05, 0) is 107 Å². The molecule has 7 heteroatoms. The predicted octanol–water partition coefficient (Wildman–Crippen LogP) is 16.7. The van der Waals surface area contributed by atoms with Gasteiger partial charge in [-0.3, -0.25) is 19.9 Å². The van der Waals surface area contributed by atoms with Crippen LogP contribution in [0.1, 0.15) is 171 Å². The number of benzene rings is 6. The number of hydrogen-bond acceptors (Lipinski definition) is 4. The topological polar surface area (TPSA) is 51.6 Å². The largest absolute Gasteiger partial charge is 1.00 e. The van der Waals surface area contributed by atoms with Crippen LogP contribution in [0.5, 0.6) is 0 Å². The molecule has 0 aliphatic heterocycles. The Morgan fingerprint density at radius 3 is 1.00 bits per heavy atom. The number of alkyl halides is 1. The van der Waals surface area contributed by atoms with Crippen molar-refractivity contribution >= 4 is 55.2 Å². The molecule has 0 unspecified atom stereocenters. The van der Waals surface area contributed by atoms with Gasteiger partial charge in [0.2, 0.25) is 0 Å². The van der Waals surface area contributed by atoms with Crippen molar-refractivity contribution in [2.45, 2.75) is 165 Å². The van der Waals surface area contributed by atoms with E-state index in [1.54, 1.807) is 0 Å². The first-order chi connectivity index (χ1) is 40.1. The van der Waals surface area contributed by atoms with Crippen molar-refractivity contribution < 1.29 is 37.7 Å². The molecular formula is C76H83ClLi2N4. The van der Waals surface area contributed by atoms with Gasteiger partial charge in [-0.2, -0.15) is 19.3 Å². The normalized spacial score (nSPS) is 15.6. The molecule has 0 radical (unpaired) electrons. The predicted molar refractivity (Wildman–Crippen MR) is 348 cm³/mol. The number of rotatable bonds is 7. The van der Waals surface area contributed by atoms with E-state index in [4.69, 9.17) is 21.6 Å². The molecule has 4 heterocycles. The molecule has 0 spiro atoms. The summed E-state index contributed by atoms with van der Waals surface area (Å²) in [6.45, 7) is 5.72. The molecule has 4 saturated carbocycles. The molecular weight excluding hydrogens is 1020 g/mol. The van der Waals surface area contributed by atoms with Crippen LogP contribution in [-0.4, -0.2) is 25.3 Å². The second-order valence-electron chi connectivity index (χ2n) is 22.8. The van der Waals surface area contributed by atoms with Crippen LogP contribution in [0, 0.1) is 13.3 Å². The first kappa shape index (κ1) is 63.5. The Balaban J connectivity index is 0.000000171. The molecule has 14 rings (SSSR count). The molecule has 4 aliphatic rings. The summed E-state index contributed by atoms with van der Waals surface area (Å²) in [6.07, 6.45) is 35.1. The molecule has 0 saturated heterocycles. The molecule has 6 aromatic carbocycles.